The van der Waals surface area contributed by atoms with Crippen molar-refractivity contribution in [3.8, 4) is 11.3 Å². The molecule has 2 rings (SSSR count). The molecule has 3 N–H and O–H groups in total. The van der Waals surface area contributed by atoms with Crippen LogP contribution >= 0.6 is 11.6 Å². The van der Waals surface area contributed by atoms with Crippen LogP contribution in [0.25, 0.3) is 11.3 Å². The largest absolute Gasteiger partial charge is 0.480 e. The van der Waals surface area contributed by atoms with Crippen molar-refractivity contribution in [1.29, 1.82) is 0 Å². The monoisotopic (exact) mass is 279 g/mol. The van der Waals surface area contributed by atoms with Crippen molar-refractivity contribution in [1.82, 2.24) is 9.78 Å². The third-order valence-corrected chi connectivity index (χ3v) is 2.80. The molecule has 0 aliphatic carbocycles. The Morgan fingerprint density at radius 1 is 1.42 bits per heavy atom. The minimum atomic E-state index is -1.09. The zero-order valence-electron chi connectivity index (χ0n) is 9.71. The molecular weight excluding hydrogens is 270 g/mol. The number of nitrogen functional groups attached to an aromatic ring is 1. The molecule has 7 heteroatoms. The molecule has 1 aromatic heterocycles. The van der Waals surface area contributed by atoms with Crippen LogP contribution in [0.4, 0.5) is 5.82 Å². The molecular formula is C12H10ClN3O3. The number of aromatic nitrogens is 2. The Bertz CT molecular complexity index is 634. The molecule has 0 saturated heterocycles. The highest BCUT2D eigenvalue weighted by Crippen LogP contribution is 2.26. The average molecular weight is 280 g/mol. The third kappa shape index (κ3) is 2.58. The van der Waals surface area contributed by atoms with Gasteiger partial charge in [-0.15, -0.1) is 0 Å². The van der Waals surface area contributed by atoms with Gasteiger partial charge in [-0.2, -0.15) is 5.10 Å². The lowest BCUT2D eigenvalue weighted by Crippen LogP contribution is -2.12. The van der Waals surface area contributed by atoms with Gasteiger partial charge in [0.05, 0.1) is 5.56 Å². The van der Waals surface area contributed by atoms with E-state index < -0.39 is 12.5 Å². The Morgan fingerprint density at radius 3 is 2.58 bits per heavy atom. The first kappa shape index (κ1) is 13.1. The van der Waals surface area contributed by atoms with Crippen LogP contribution in [0, 0.1) is 0 Å². The summed E-state index contributed by atoms with van der Waals surface area (Å²) in [5.74, 6) is -1.06. The summed E-state index contributed by atoms with van der Waals surface area (Å²) in [5, 5.41) is 13.4. The Morgan fingerprint density at radius 2 is 2.05 bits per heavy atom. The van der Waals surface area contributed by atoms with Crippen LogP contribution < -0.4 is 5.73 Å². The number of aliphatic carboxylic acids is 1. The molecule has 0 bridgehead atoms. The minimum Gasteiger partial charge on any atom is -0.480 e. The SMILES string of the molecule is Nc1c(C=O)c(-c2ccc(Cl)cc2)nn1CC(=O)O. The second-order valence-electron chi connectivity index (χ2n) is 3.82. The predicted octanol–water partition coefficient (Wildman–Crippen LogP) is 1.68. The highest BCUT2D eigenvalue weighted by molar-refractivity contribution is 6.30. The summed E-state index contributed by atoms with van der Waals surface area (Å²) in [7, 11) is 0. The van der Waals surface area contributed by atoms with Crippen molar-refractivity contribution in [3.63, 3.8) is 0 Å². The lowest BCUT2D eigenvalue weighted by molar-refractivity contribution is -0.137. The number of rotatable bonds is 4. The number of hydrogen-bond acceptors (Lipinski definition) is 4. The minimum absolute atomic E-state index is 0.0300. The number of hydrogen-bond donors (Lipinski definition) is 2. The zero-order chi connectivity index (χ0) is 14.0. The number of carboxylic acid groups (broad SMARTS) is 1. The number of halogens is 1. The number of nitrogens with zero attached hydrogens (tertiary/aromatic N) is 2. The van der Waals surface area contributed by atoms with E-state index in [0.717, 1.165) is 4.68 Å². The van der Waals surface area contributed by atoms with Gasteiger partial charge in [-0.1, -0.05) is 23.7 Å². The number of nitrogens with two attached hydrogens (primary N) is 1. The maximum atomic E-state index is 11.1. The molecule has 1 aromatic carbocycles. The van der Waals surface area contributed by atoms with E-state index in [4.69, 9.17) is 22.4 Å². The average Bonchev–Trinajstić information content (AvgIpc) is 2.66. The van der Waals surface area contributed by atoms with Crippen molar-refractivity contribution in [2.45, 2.75) is 6.54 Å². The zero-order valence-corrected chi connectivity index (χ0v) is 10.5. The van der Waals surface area contributed by atoms with E-state index in [1.807, 2.05) is 0 Å². The van der Waals surface area contributed by atoms with E-state index >= 15 is 0 Å². The van der Waals surface area contributed by atoms with E-state index in [1.165, 1.54) is 0 Å². The lowest BCUT2D eigenvalue weighted by atomic mass is 10.1. The van der Waals surface area contributed by atoms with E-state index in [9.17, 15) is 9.59 Å². The topological polar surface area (TPSA) is 98.2 Å². The van der Waals surface area contributed by atoms with Gasteiger partial charge in [0.1, 0.15) is 18.1 Å². The van der Waals surface area contributed by atoms with Crippen LogP contribution in [0.3, 0.4) is 0 Å². The lowest BCUT2D eigenvalue weighted by Gasteiger charge is -1.98. The van der Waals surface area contributed by atoms with E-state index in [2.05, 4.69) is 5.10 Å². The third-order valence-electron chi connectivity index (χ3n) is 2.55. The fourth-order valence-electron chi connectivity index (χ4n) is 1.67. The quantitative estimate of drug-likeness (QED) is 0.830. The van der Waals surface area contributed by atoms with Gasteiger partial charge < -0.3 is 10.8 Å². The van der Waals surface area contributed by atoms with E-state index in [-0.39, 0.29) is 11.4 Å². The van der Waals surface area contributed by atoms with Gasteiger partial charge >= 0.3 is 5.97 Å². The molecule has 0 radical (unpaired) electrons. The molecule has 0 spiro atoms. The molecule has 0 fully saturated rings. The molecule has 0 atom stereocenters. The van der Waals surface area contributed by atoms with Gasteiger partial charge in [-0.25, -0.2) is 4.68 Å². The van der Waals surface area contributed by atoms with Crippen LogP contribution in [0.2, 0.25) is 5.02 Å². The van der Waals surface area contributed by atoms with E-state index in [1.54, 1.807) is 24.3 Å². The van der Waals surface area contributed by atoms with Crippen LogP contribution in [-0.2, 0) is 11.3 Å². The Labute approximate surface area is 113 Å². The van der Waals surface area contributed by atoms with Crippen molar-refractivity contribution in [2.75, 3.05) is 5.73 Å². The summed E-state index contributed by atoms with van der Waals surface area (Å²) in [6, 6.07) is 6.67. The molecule has 0 aliphatic rings. The first-order valence-electron chi connectivity index (χ1n) is 5.32. The summed E-state index contributed by atoms with van der Waals surface area (Å²) in [6.07, 6.45) is 0.560. The van der Waals surface area contributed by atoms with Gasteiger partial charge in [0.2, 0.25) is 0 Å². The number of benzene rings is 1. The highest BCUT2D eigenvalue weighted by Gasteiger charge is 2.17. The van der Waals surface area contributed by atoms with Crippen LogP contribution in [0.5, 0.6) is 0 Å². The van der Waals surface area contributed by atoms with Gasteiger partial charge in [0, 0.05) is 10.6 Å². The number of carbonyl (C=O) groups excluding carboxylic acids is 1. The van der Waals surface area contributed by atoms with E-state index in [0.29, 0.717) is 22.6 Å². The van der Waals surface area contributed by atoms with Crippen molar-refractivity contribution < 1.29 is 14.7 Å². The molecule has 2 aromatic rings. The smallest absolute Gasteiger partial charge is 0.325 e. The Balaban J connectivity index is 2.53. The first-order valence-corrected chi connectivity index (χ1v) is 5.70. The molecule has 6 nitrogen and oxygen atoms in total. The van der Waals surface area contributed by atoms with Crippen LogP contribution in [-0.4, -0.2) is 27.1 Å². The molecule has 1 heterocycles. The van der Waals surface area contributed by atoms with Gasteiger partial charge in [-0.3, -0.25) is 9.59 Å². The summed E-state index contributed by atoms with van der Waals surface area (Å²) in [4.78, 5) is 21.8. The fraction of sp³-hybridized carbons (Fsp3) is 0.0833. The molecule has 0 saturated carbocycles. The van der Waals surface area contributed by atoms with Crippen LogP contribution in [0.1, 0.15) is 10.4 Å². The van der Waals surface area contributed by atoms with Crippen molar-refractivity contribution in [2.24, 2.45) is 0 Å². The number of aldehydes is 1. The molecule has 0 aliphatic heterocycles. The summed E-state index contributed by atoms with van der Waals surface area (Å²) < 4.78 is 1.08. The fourth-order valence-corrected chi connectivity index (χ4v) is 1.80. The summed E-state index contributed by atoms with van der Waals surface area (Å²) in [5.41, 5.74) is 6.86. The molecule has 98 valence electrons. The van der Waals surface area contributed by atoms with Gasteiger partial charge in [-0.05, 0) is 12.1 Å². The standard InChI is InChI=1S/C12H10ClN3O3/c13-8-3-1-7(2-4-8)11-9(6-17)12(14)16(15-11)5-10(18)19/h1-4,6H,5,14H2,(H,18,19). The number of anilines is 1. The maximum absolute atomic E-state index is 11.1. The van der Waals surface area contributed by atoms with Crippen LogP contribution in [0.15, 0.2) is 24.3 Å². The van der Waals surface area contributed by atoms with Crippen molar-refractivity contribution in [3.05, 3.63) is 34.9 Å². The number of carboxylic acids is 1. The molecule has 0 unspecified atom stereocenters. The second-order valence-corrected chi connectivity index (χ2v) is 4.26. The highest BCUT2D eigenvalue weighted by atomic mass is 35.5. The normalized spacial score (nSPS) is 10.4. The van der Waals surface area contributed by atoms with Gasteiger partial charge in [0.25, 0.3) is 0 Å². The molecule has 19 heavy (non-hydrogen) atoms. The van der Waals surface area contributed by atoms with Gasteiger partial charge in [0.15, 0.2) is 6.29 Å². The Kier molecular flexibility index (Phi) is 3.52. The predicted molar refractivity (Wildman–Crippen MR) is 70.1 cm³/mol. The molecule has 0 amide bonds. The maximum Gasteiger partial charge on any atom is 0.325 e. The second kappa shape index (κ2) is 5.11. The summed E-state index contributed by atoms with van der Waals surface area (Å²) in [6.45, 7) is -0.403. The van der Waals surface area contributed by atoms with Crippen molar-refractivity contribution >= 4 is 29.7 Å². The first-order chi connectivity index (χ1) is 9.02. The summed E-state index contributed by atoms with van der Waals surface area (Å²) >= 11 is 5.78. The number of carbonyl (C=O) groups is 2. The Hall–Kier alpha value is -2.34.